The molecule has 0 heterocycles. The summed E-state index contributed by atoms with van der Waals surface area (Å²) in [7, 11) is 1.69. The van der Waals surface area contributed by atoms with Crippen LogP contribution in [-0.4, -0.2) is 13.4 Å². The van der Waals surface area contributed by atoms with E-state index in [0.717, 1.165) is 41.3 Å². The summed E-state index contributed by atoms with van der Waals surface area (Å²) in [6.45, 7) is 0. The first-order valence-corrected chi connectivity index (χ1v) is 6.88. The number of hydrogen-bond donors (Lipinski definition) is 0. The molecule has 0 bridgehead atoms. The van der Waals surface area contributed by atoms with E-state index in [0.29, 0.717) is 6.42 Å². The fourth-order valence-corrected chi connectivity index (χ4v) is 3.38. The van der Waals surface area contributed by atoms with Gasteiger partial charge in [0.15, 0.2) is 0 Å². The molecule has 2 nitrogen and oxygen atoms in total. The molecule has 0 N–H and O–H groups in total. The predicted octanol–water partition coefficient (Wildman–Crippen LogP) is 3.47. The molecule has 0 atom stereocenters. The molecule has 92 valence electrons. The highest BCUT2D eigenvalue weighted by molar-refractivity contribution is 9.10. The first-order chi connectivity index (χ1) is 8.27. The number of halogens is 1. The second-order valence-electron chi connectivity index (χ2n) is 4.43. The largest absolute Gasteiger partial charge is 0.495 e. The van der Waals surface area contributed by atoms with Gasteiger partial charge in [0.2, 0.25) is 0 Å². The lowest BCUT2D eigenvalue weighted by molar-refractivity contribution is -0.107. The molecule has 0 saturated carbocycles. The molecule has 3 heteroatoms. The minimum atomic E-state index is 0.557. The van der Waals surface area contributed by atoms with Crippen LogP contribution in [0.3, 0.4) is 0 Å². The molecule has 0 aliphatic heterocycles. The number of methoxy groups -OCH3 is 1. The van der Waals surface area contributed by atoms with Gasteiger partial charge in [-0.05, 0) is 64.7 Å². The number of carbonyl (C=O) groups is 1. The fraction of sp³-hybridized carbons (Fsp3) is 0.500. The van der Waals surface area contributed by atoms with E-state index in [1.807, 2.05) is 0 Å². The van der Waals surface area contributed by atoms with Crippen LogP contribution in [-0.2, 0) is 24.1 Å². The number of benzene rings is 1. The molecule has 2 rings (SSSR count). The fourth-order valence-electron chi connectivity index (χ4n) is 2.51. The van der Waals surface area contributed by atoms with Crippen molar-refractivity contribution in [2.24, 2.45) is 0 Å². The minimum absolute atomic E-state index is 0.557. The van der Waals surface area contributed by atoms with Crippen LogP contribution in [0.1, 0.15) is 36.0 Å². The number of carbonyl (C=O) groups excluding carboxylic acids is 1. The van der Waals surface area contributed by atoms with E-state index in [4.69, 9.17) is 4.74 Å². The second-order valence-corrected chi connectivity index (χ2v) is 5.23. The van der Waals surface area contributed by atoms with Crippen molar-refractivity contribution in [1.29, 1.82) is 0 Å². The maximum atomic E-state index is 10.5. The van der Waals surface area contributed by atoms with Gasteiger partial charge in [0.25, 0.3) is 0 Å². The average Bonchev–Trinajstić information content (AvgIpc) is 2.36. The minimum Gasteiger partial charge on any atom is -0.495 e. The number of ether oxygens (including phenoxy) is 1. The van der Waals surface area contributed by atoms with Crippen molar-refractivity contribution in [2.75, 3.05) is 7.11 Å². The van der Waals surface area contributed by atoms with Gasteiger partial charge < -0.3 is 9.53 Å². The lowest BCUT2D eigenvalue weighted by Crippen LogP contribution is -2.07. The Bertz CT molecular complexity index is 427. The van der Waals surface area contributed by atoms with E-state index >= 15 is 0 Å². The monoisotopic (exact) mass is 296 g/mol. The molecule has 1 aliphatic rings. The van der Waals surface area contributed by atoms with E-state index in [2.05, 4.69) is 22.0 Å². The molecule has 0 unspecified atom stereocenters. The van der Waals surface area contributed by atoms with Gasteiger partial charge >= 0.3 is 0 Å². The van der Waals surface area contributed by atoms with Crippen molar-refractivity contribution in [3.05, 3.63) is 27.2 Å². The van der Waals surface area contributed by atoms with Gasteiger partial charge in [-0.1, -0.05) is 6.07 Å². The number of hydrogen-bond acceptors (Lipinski definition) is 2. The van der Waals surface area contributed by atoms with Crippen LogP contribution in [0.15, 0.2) is 10.5 Å². The zero-order valence-electron chi connectivity index (χ0n) is 10.1. The number of fused-ring (bicyclic) bond motifs is 1. The van der Waals surface area contributed by atoms with Crippen LogP contribution in [0.2, 0.25) is 0 Å². The van der Waals surface area contributed by atoms with Crippen molar-refractivity contribution in [1.82, 2.24) is 0 Å². The molecular formula is C14H17BrO2. The van der Waals surface area contributed by atoms with Crippen LogP contribution < -0.4 is 4.74 Å². The van der Waals surface area contributed by atoms with Crippen molar-refractivity contribution in [3.8, 4) is 5.75 Å². The van der Waals surface area contributed by atoms with E-state index < -0.39 is 0 Å². The van der Waals surface area contributed by atoms with E-state index in [-0.39, 0.29) is 0 Å². The van der Waals surface area contributed by atoms with Gasteiger partial charge in [-0.15, -0.1) is 0 Å². The van der Waals surface area contributed by atoms with Crippen LogP contribution in [0.25, 0.3) is 0 Å². The van der Waals surface area contributed by atoms with Crippen molar-refractivity contribution < 1.29 is 9.53 Å². The van der Waals surface area contributed by atoms with E-state index in [1.165, 1.54) is 24.0 Å². The number of aldehydes is 1. The van der Waals surface area contributed by atoms with Gasteiger partial charge in [0, 0.05) is 6.42 Å². The summed E-state index contributed by atoms with van der Waals surface area (Å²) in [5.41, 5.74) is 3.96. The van der Waals surface area contributed by atoms with Gasteiger partial charge in [-0.25, -0.2) is 0 Å². The smallest absolute Gasteiger partial charge is 0.136 e. The first kappa shape index (κ1) is 12.6. The molecule has 1 aromatic rings. The highest BCUT2D eigenvalue weighted by Crippen LogP contribution is 2.38. The van der Waals surface area contributed by atoms with Crippen molar-refractivity contribution >= 4 is 22.2 Å². The molecule has 0 amide bonds. The predicted molar refractivity (Wildman–Crippen MR) is 71.7 cm³/mol. The maximum Gasteiger partial charge on any atom is 0.136 e. The van der Waals surface area contributed by atoms with E-state index in [1.54, 1.807) is 7.11 Å². The molecule has 0 fully saturated rings. The van der Waals surface area contributed by atoms with Crippen molar-refractivity contribution in [3.63, 3.8) is 0 Å². The molecule has 1 aliphatic carbocycles. The zero-order valence-corrected chi connectivity index (χ0v) is 11.7. The summed E-state index contributed by atoms with van der Waals surface area (Å²) in [6, 6.07) is 2.22. The Morgan fingerprint density at radius 3 is 2.88 bits per heavy atom. The van der Waals surface area contributed by atoms with Gasteiger partial charge in [0.1, 0.15) is 12.0 Å². The summed E-state index contributed by atoms with van der Waals surface area (Å²) in [5.74, 6) is 0.910. The van der Waals surface area contributed by atoms with Crippen LogP contribution in [0.5, 0.6) is 5.75 Å². The molecule has 1 aromatic carbocycles. The third kappa shape index (κ3) is 2.54. The Balaban J connectivity index is 2.44. The topological polar surface area (TPSA) is 26.3 Å². The number of rotatable bonds is 4. The zero-order chi connectivity index (χ0) is 12.3. The second kappa shape index (κ2) is 5.67. The highest BCUT2D eigenvalue weighted by atomic mass is 79.9. The lowest BCUT2D eigenvalue weighted by atomic mass is 9.89. The quantitative estimate of drug-likeness (QED) is 0.795. The lowest BCUT2D eigenvalue weighted by Gasteiger charge is -2.21. The molecule has 0 spiro atoms. The average molecular weight is 297 g/mol. The summed E-state index contributed by atoms with van der Waals surface area (Å²) in [6.07, 6.45) is 7.07. The first-order valence-electron chi connectivity index (χ1n) is 6.08. The Labute approximate surface area is 110 Å². The normalized spacial score (nSPS) is 14.2. The van der Waals surface area contributed by atoms with Crippen LogP contribution in [0.4, 0.5) is 0 Å². The standard InChI is InChI=1S/C14H17BrO2/c1-17-14-11(6-4-8-16)9-10-5-2-3-7-12(10)13(14)15/h8-9H,2-7H2,1H3. The molecule has 17 heavy (non-hydrogen) atoms. The Kier molecular flexibility index (Phi) is 4.21. The summed E-state index contributed by atoms with van der Waals surface area (Å²) < 4.78 is 6.57. The van der Waals surface area contributed by atoms with Gasteiger partial charge in [-0.3, -0.25) is 0 Å². The van der Waals surface area contributed by atoms with Crippen LogP contribution >= 0.6 is 15.9 Å². The molecule has 0 radical (unpaired) electrons. The maximum absolute atomic E-state index is 10.5. The Morgan fingerprint density at radius 1 is 1.41 bits per heavy atom. The molecule has 0 saturated heterocycles. The Hall–Kier alpha value is -0.830. The highest BCUT2D eigenvalue weighted by Gasteiger charge is 2.18. The molecular weight excluding hydrogens is 280 g/mol. The van der Waals surface area contributed by atoms with Crippen LogP contribution in [0, 0.1) is 0 Å². The summed E-state index contributed by atoms with van der Waals surface area (Å²) >= 11 is 3.66. The van der Waals surface area contributed by atoms with E-state index in [9.17, 15) is 4.79 Å². The van der Waals surface area contributed by atoms with Gasteiger partial charge in [0.05, 0.1) is 11.6 Å². The third-order valence-corrected chi connectivity index (χ3v) is 4.19. The van der Waals surface area contributed by atoms with Gasteiger partial charge in [-0.2, -0.15) is 0 Å². The third-order valence-electron chi connectivity index (χ3n) is 3.35. The summed E-state index contributed by atoms with van der Waals surface area (Å²) in [4.78, 5) is 10.5. The van der Waals surface area contributed by atoms with Crippen molar-refractivity contribution in [2.45, 2.75) is 38.5 Å². The molecule has 0 aromatic heterocycles. The number of aryl methyl sites for hydroxylation is 2. The SMILES string of the molecule is COc1c(CCC=O)cc2c(c1Br)CCCC2. The Morgan fingerprint density at radius 2 is 2.18 bits per heavy atom. The summed E-state index contributed by atoms with van der Waals surface area (Å²) in [5, 5.41) is 0.